The molecule has 0 aliphatic heterocycles. The van der Waals surface area contributed by atoms with Crippen LogP contribution in [-0.4, -0.2) is 16.2 Å². The zero-order valence-electron chi connectivity index (χ0n) is 11.6. The summed E-state index contributed by atoms with van der Waals surface area (Å²) in [6.07, 6.45) is 0.767. The third-order valence-electron chi connectivity index (χ3n) is 3.24. The molecule has 0 saturated carbocycles. The van der Waals surface area contributed by atoms with Gasteiger partial charge in [0.05, 0.1) is 0 Å². The normalized spacial score (nSPS) is 11.9. The molecule has 0 bridgehead atoms. The number of hydrogen-bond donors (Lipinski definition) is 2. The van der Waals surface area contributed by atoms with Crippen molar-refractivity contribution in [2.75, 3.05) is 0 Å². The van der Waals surface area contributed by atoms with Crippen molar-refractivity contribution in [2.24, 2.45) is 0 Å². The van der Waals surface area contributed by atoms with Crippen molar-refractivity contribution in [2.45, 2.75) is 12.8 Å². The minimum atomic E-state index is -1.43. The molecule has 2 aromatic rings. The van der Waals surface area contributed by atoms with Crippen LogP contribution >= 0.6 is 11.6 Å². The van der Waals surface area contributed by atoms with E-state index in [4.69, 9.17) is 16.7 Å². The van der Waals surface area contributed by atoms with Gasteiger partial charge in [-0.3, -0.25) is 0 Å². The second kappa shape index (κ2) is 7.09. The van der Waals surface area contributed by atoms with Crippen LogP contribution in [0.1, 0.15) is 17.5 Å². The van der Waals surface area contributed by atoms with Crippen molar-refractivity contribution in [3.8, 4) is 0 Å². The number of carbonyl (C=O) groups is 1. The lowest BCUT2D eigenvalue weighted by Gasteiger charge is -2.10. The lowest BCUT2D eigenvalue weighted by atomic mass is 9.97. The Morgan fingerprint density at radius 1 is 1.09 bits per heavy atom. The summed E-state index contributed by atoms with van der Waals surface area (Å²) in [5, 5.41) is 19.4. The summed E-state index contributed by atoms with van der Waals surface area (Å²) >= 11 is 5.81. The average molecular weight is 321 g/mol. The maximum atomic E-state index is 13.3. The number of hydrogen-bond acceptors (Lipinski definition) is 2. The standard InChI is InChI=1S/C17H14ClFO3/c18-13-7-4-11(5-8-13)6-9-15(16(20)17(21)22)12-2-1-3-14(19)10-12/h1-5,7-8,10,20H,6,9H2,(H,21,22)/b16-15-. The summed E-state index contributed by atoms with van der Waals surface area (Å²) in [7, 11) is 0. The van der Waals surface area contributed by atoms with Gasteiger partial charge in [-0.05, 0) is 48.2 Å². The van der Waals surface area contributed by atoms with E-state index in [-0.39, 0.29) is 12.0 Å². The van der Waals surface area contributed by atoms with E-state index in [1.54, 1.807) is 18.2 Å². The minimum absolute atomic E-state index is 0.196. The smallest absolute Gasteiger partial charge is 0.371 e. The molecule has 0 aromatic heterocycles. The van der Waals surface area contributed by atoms with Crippen LogP contribution in [-0.2, 0) is 11.2 Å². The molecular formula is C17H14ClFO3. The highest BCUT2D eigenvalue weighted by atomic mass is 35.5. The quantitative estimate of drug-likeness (QED) is 0.631. The van der Waals surface area contributed by atoms with Gasteiger partial charge in [0.2, 0.25) is 5.76 Å². The molecule has 3 nitrogen and oxygen atoms in total. The topological polar surface area (TPSA) is 57.5 Å². The predicted octanol–water partition coefficient (Wildman–Crippen LogP) is 4.47. The van der Waals surface area contributed by atoms with Crippen LogP contribution in [0.15, 0.2) is 54.3 Å². The summed E-state index contributed by atoms with van der Waals surface area (Å²) in [5.41, 5.74) is 1.49. The van der Waals surface area contributed by atoms with Crippen LogP contribution in [0.3, 0.4) is 0 Å². The van der Waals surface area contributed by atoms with Crippen molar-refractivity contribution in [3.63, 3.8) is 0 Å². The lowest BCUT2D eigenvalue weighted by molar-refractivity contribution is -0.135. The maximum Gasteiger partial charge on any atom is 0.371 e. The Kier molecular flexibility index (Phi) is 5.17. The van der Waals surface area contributed by atoms with Gasteiger partial charge >= 0.3 is 5.97 Å². The third-order valence-corrected chi connectivity index (χ3v) is 3.49. The number of aliphatic hydroxyl groups excluding tert-OH is 1. The fraction of sp³-hybridized carbons (Fsp3) is 0.118. The molecule has 0 heterocycles. The summed E-state index contributed by atoms with van der Waals surface area (Å²) in [5.74, 6) is -2.69. The van der Waals surface area contributed by atoms with Gasteiger partial charge in [0.25, 0.3) is 0 Å². The van der Waals surface area contributed by atoms with E-state index in [0.29, 0.717) is 17.0 Å². The first kappa shape index (κ1) is 16.0. The molecular weight excluding hydrogens is 307 g/mol. The Labute approximate surface area is 132 Å². The average Bonchev–Trinajstić information content (AvgIpc) is 2.49. The van der Waals surface area contributed by atoms with E-state index >= 15 is 0 Å². The fourth-order valence-electron chi connectivity index (χ4n) is 2.13. The molecule has 0 saturated heterocycles. The van der Waals surface area contributed by atoms with Crippen LogP contribution in [0.4, 0.5) is 4.39 Å². The van der Waals surface area contributed by atoms with E-state index in [2.05, 4.69) is 0 Å². The molecule has 0 unspecified atom stereocenters. The van der Waals surface area contributed by atoms with Crippen LogP contribution in [0, 0.1) is 5.82 Å². The molecule has 0 atom stereocenters. The minimum Gasteiger partial charge on any atom is -0.502 e. The zero-order valence-corrected chi connectivity index (χ0v) is 12.3. The molecule has 0 aliphatic rings. The molecule has 5 heteroatoms. The maximum absolute atomic E-state index is 13.3. The molecule has 2 N–H and O–H groups in total. The van der Waals surface area contributed by atoms with Gasteiger partial charge in [0.15, 0.2) is 0 Å². The van der Waals surface area contributed by atoms with Gasteiger partial charge in [0, 0.05) is 10.6 Å². The number of carboxylic acids is 1. The van der Waals surface area contributed by atoms with Crippen LogP contribution < -0.4 is 0 Å². The summed E-state index contributed by atoms with van der Waals surface area (Å²) in [6, 6.07) is 12.6. The van der Waals surface area contributed by atoms with Crippen molar-refractivity contribution in [1.29, 1.82) is 0 Å². The molecule has 114 valence electrons. The Bertz CT molecular complexity index is 708. The Hall–Kier alpha value is -2.33. The van der Waals surface area contributed by atoms with Crippen LogP contribution in [0.5, 0.6) is 0 Å². The summed E-state index contributed by atoms with van der Waals surface area (Å²) in [4.78, 5) is 11.0. The number of aliphatic hydroxyl groups is 1. The number of allylic oxidation sites excluding steroid dienone is 1. The Morgan fingerprint density at radius 3 is 2.36 bits per heavy atom. The summed E-state index contributed by atoms with van der Waals surface area (Å²) < 4.78 is 13.3. The first-order valence-electron chi connectivity index (χ1n) is 6.63. The monoisotopic (exact) mass is 320 g/mol. The van der Waals surface area contributed by atoms with E-state index in [0.717, 1.165) is 5.56 Å². The van der Waals surface area contributed by atoms with E-state index in [1.165, 1.54) is 18.2 Å². The number of aliphatic carboxylic acids is 1. The molecule has 0 radical (unpaired) electrons. The van der Waals surface area contributed by atoms with Gasteiger partial charge in [-0.25, -0.2) is 9.18 Å². The van der Waals surface area contributed by atoms with Crippen molar-refractivity contribution in [1.82, 2.24) is 0 Å². The number of rotatable bonds is 5. The van der Waals surface area contributed by atoms with Crippen molar-refractivity contribution in [3.05, 3.63) is 76.3 Å². The molecule has 0 amide bonds. The SMILES string of the molecule is O=C(O)/C(O)=C(\CCc1ccc(Cl)cc1)c1cccc(F)c1. The summed E-state index contributed by atoms with van der Waals surface area (Å²) in [6.45, 7) is 0. The first-order chi connectivity index (χ1) is 10.5. The molecule has 2 aromatic carbocycles. The molecule has 2 rings (SSSR count). The second-order valence-electron chi connectivity index (χ2n) is 4.77. The largest absolute Gasteiger partial charge is 0.502 e. The van der Waals surface area contributed by atoms with E-state index in [1.807, 2.05) is 12.1 Å². The Morgan fingerprint density at radius 2 is 1.77 bits per heavy atom. The number of benzene rings is 2. The van der Waals surface area contributed by atoms with Crippen molar-refractivity contribution >= 4 is 23.1 Å². The first-order valence-corrected chi connectivity index (χ1v) is 7.01. The van der Waals surface area contributed by atoms with Crippen LogP contribution in [0.2, 0.25) is 5.02 Å². The van der Waals surface area contributed by atoms with Gasteiger partial charge < -0.3 is 10.2 Å². The van der Waals surface area contributed by atoms with Crippen molar-refractivity contribution < 1.29 is 19.4 Å². The van der Waals surface area contributed by atoms with Gasteiger partial charge in [-0.15, -0.1) is 0 Å². The highest BCUT2D eigenvalue weighted by Crippen LogP contribution is 2.25. The van der Waals surface area contributed by atoms with Gasteiger partial charge in [-0.2, -0.15) is 0 Å². The highest BCUT2D eigenvalue weighted by molar-refractivity contribution is 6.30. The Balaban J connectivity index is 2.28. The van der Waals surface area contributed by atoms with Gasteiger partial charge in [0.1, 0.15) is 5.82 Å². The number of halogens is 2. The molecule has 0 spiro atoms. The van der Waals surface area contributed by atoms with E-state index in [9.17, 15) is 14.3 Å². The van der Waals surface area contributed by atoms with Crippen LogP contribution in [0.25, 0.3) is 5.57 Å². The fourth-order valence-corrected chi connectivity index (χ4v) is 2.25. The third kappa shape index (κ3) is 4.09. The zero-order chi connectivity index (χ0) is 16.1. The lowest BCUT2D eigenvalue weighted by Crippen LogP contribution is -2.05. The number of carboxylic acid groups (broad SMARTS) is 1. The molecule has 0 fully saturated rings. The van der Waals surface area contributed by atoms with E-state index < -0.39 is 17.5 Å². The van der Waals surface area contributed by atoms with Gasteiger partial charge in [-0.1, -0.05) is 35.9 Å². The predicted molar refractivity (Wildman–Crippen MR) is 83.4 cm³/mol. The highest BCUT2D eigenvalue weighted by Gasteiger charge is 2.15. The number of aryl methyl sites for hydroxylation is 1. The molecule has 22 heavy (non-hydrogen) atoms. The molecule has 0 aliphatic carbocycles. The second-order valence-corrected chi connectivity index (χ2v) is 5.21.